The molecule has 0 rings (SSSR count). The number of hydrogen-bond acceptors (Lipinski definition) is 2. The van der Waals surface area contributed by atoms with E-state index in [2.05, 4.69) is 6.92 Å². The molecule has 0 saturated carbocycles. The molecule has 0 amide bonds. The molecule has 2 nitrogen and oxygen atoms in total. The molecule has 1 N–H and O–H groups in total. The van der Waals surface area contributed by atoms with E-state index in [-0.39, 0.29) is 0 Å². The third-order valence-corrected chi connectivity index (χ3v) is 1.49. The Morgan fingerprint density at radius 3 is 2.36 bits per heavy atom. The van der Waals surface area contributed by atoms with Gasteiger partial charge in [0.2, 0.25) is 0 Å². The van der Waals surface area contributed by atoms with Gasteiger partial charge >= 0.3 is 0 Å². The zero-order chi connectivity index (χ0) is 8.36. The summed E-state index contributed by atoms with van der Waals surface area (Å²) in [5, 5.41) is 8.46. The van der Waals surface area contributed by atoms with Crippen LogP contribution in [0.25, 0.3) is 0 Å². The Morgan fingerprint density at radius 2 is 1.73 bits per heavy atom. The van der Waals surface area contributed by atoms with Gasteiger partial charge in [-0.15, -0.1) is 0 Å². The predicted octanol–water partition coefficient (Wildman–Crippen LogP) is 1.78. The summed E-state index contributed by atoms with van der Waals surface area (Å²) in [4.78, 5) is 0. The van der Waals surface area contributed by atoms with Crippen LogP contribution >= 0.6 is 0 Å². The van der Waals surface area contributed by atoms with Crippen LogP contribution in [-0.2, 0) is 4.74 Å². The summed E-state index contributed by atoms with van der Waals surface area (Å²) in [6.45, 7) is 5.69. The Hall–Kier alpha value is -0.0800. The van der Waals surface area contributed by atoms with Gasteiger partial charge in [0.1, 0.15) is 0 Å². The van der Waals surface area contributed by atoms with Crippen molar-refractivity contribution in [3.8, 4) is 0 Å². The van der Waals surface area contributed by atoms with Crippen molar-refractivity contribution in [1.82, 2.24) is 0 Å². The second-order valence-corrected chi connectivity index (χ2v) is 2.60. The average Bonchev–Trinajstić information content (AvgIpc) is 2.03. The van der Waals surface area contributed by atoms with Crippen LogP contribution < -0.4 is 0 Å². The smallest absolute Gasteiger partial charge is 0.0466 e. The van der Waals surface area contributed by atoms with Gasteiger partial charge in [0.05, 0.1) is 0 Å². The van der Waals surface area contributed by atoms with E-state index in [4.69, 9.17) is 9.84 Å². The van der Waals surface area contributed by atoms with Gasteiger partial charge in [-0.3, -0.25) is 0 Å². The van der Waals surface area contributed by atoms with E-state index < -0.39 is 0 Å². The van der Waals surface area contributed by atoms with Gasteiger partial charge in [0.15, 0.2) is 0 Å². The topological polar surface area (TPSA) is 29.5 Å². The van der Waals surface area contributed by atoms with Crippen molar-refractivity contribution < 1.29 is 9.84 Å². The molecule has 0 unspecified atom stereocenters. The summed E-state index contributed by atoms with van der Waals surface area (Å²) >= 11 is 0. The summed E-state index contributed by atoms with van der Waals surface area (Å²) in [6.07, 6.45) is 5.05. The van der Waals surface area contributed by atoms with Gasteiger partial charge < -0.3 is 9.84 Å². The van der Waals surface area contributed by atoms with E-state index in [0.717, 1.165) is 45.3 Å². The maximum absolute atomic E-state index is 8.46. The molecule has 0 bridgehead atoms. The normalized spacial score (nSPS) is 10.4. The lowest BCUT2D eigenvalue weighted by molar-refractivity contribution is 0.126. The van der Waals surface area contributed by atoms with Gasteiger partial charge in [-0.05, 0) is 25.7 Å². The van der Waals surface area contributed by atoms with Crippen molar-refractivity contribution in [3.63, 3.8) is 0 Å². The molecule has 67 valence electrons. The van der Waals surface area contributed by atoms with Crippen LogP contribution in [0, 0.1) is 6.92 Å². The molecule has 11 heavy (non-hydrogen) atoms. The quantitative estimate of drug-likeness (QED) is 0.547. The average molecular weight is 159 g/mol. The van der Waals surface area contributed by atoms with E-state index in [1.165, 1.54) is 0 Å². The zero-order valence-corrected chi connectivity index (χ0v) is 7.22. The Kier molecular flexibility index (Phi) is 9.85. The highest BCUT2D eigenvalue weighted by Crippen LogP contribution is 1.95. The largest absolute Gasteiger partial charge is 0.396 e. The van der Waals surface area contributed by atoms with Crippen LogP contribution in [-0.4, -0.2) is 24.9 Å². The highest BCUT2D eigenvalue weighted by atomic mass is 16.5. The van der Waals surface area contributed by atoms with E-state index >= 15 is 0 Å². The molecule has 0 atom stereocenters. The Labute approximate surface area is 69.6 Å². The van der Waals surface area contributed by atoms with Crippen molar-refractivity contribution in [2.75, 3.05) is 19.8 Å². The van der Waals surface area contributed by atoms with E-state index in [0.29, 0.717) is 6.61 Å². The highest BCUT2D eigenvalue weighted by Gasteiger charge is 1.88. The number of aliphatic hydroxyl groups is 1. The molecular weight excluding hydrogens is 140 g/mol. The van der Waals surface area contributed by atoms with Crippen molar-refractivity contribution in [2.45, 2.75) is 32.1 Å². The number of unbranched alkanes of at least 4 members (excludes halogenated alkanes) is 3. The highest BCUT2D eigenvalue weighted by molar-refractivity contribution is 4.41. The van der Waals surface area contributed by atoms with Crippen LogP contribution in [0.15, 0.2) is 0 Å². The molecule has 0 spiro atoms. The van der Waals surface area contributed by atoms with Crippen molar-refractivity contribution in [2.24, 2.45) is 0 Å². The molecule has 0 aliphatic rings. The van der Waals surface area contributed by atoms with E-state index in [9.17, 15) is 0 Å². The van der Waals surface area contributed by atoms with Crippen LogP contribution in [0.1, 0.15) is 32.1 Å². The number of rotatable bonds is 8. The molecule has 0 fully saturated rings. The minimum absolute atomic E-state index is 0.304. The van der Waals surface area contributed by atoms with Crippen molar-refractivity contribution in [1.29, 1.82) is 0 Å². The van der Waals surface area contributed by atoms with Gasteiger partial charge in [-0.1, -0.05) is 13.3 Å². The third-order valence-electron chi connectivity index (χ3n) is 1.49. The first-order valence-corrected chi connectivity index (χ1v) is 4.39. The summed E-state index contributed by atoms with van der Waals surface area (Å²) in [5.74, 6) is 0. The molecule has 2 heteroatoms. The fraction of sp³-hybridized carbons (Fsp3) is 0.889. The lowest BCUT2D eigenvalue weighted by atomic mass is 10.2. The Balaban J connectivity index is 2.69. The number of hydrogen-bond donors (Lipinski definition) is 1. The summed E-state index contributed by atoms with van der Waals surface area (Å²) in [5.41, 5.74) is 0. The first-order chi connectivity index (χ1) is 5.41. The lowest BCUT2D eigenvalue weighted by Gasteiger charge is -2.01. The SMILES string of the molecule is [CH2]CCCOCCCCCO. The van der Waals surface area contributed by atoms with E-state index in [1.807, 2.05) is 0 Å². The second kappa shape index (κ2) is 9.92. The van der Waals surface area contributed by atoms with Crippen LogP contribution in [0.3, 0.4) is 0 Å². The number of ether oxygens (including phenoxy) is 1. The predicted molar refractivity (Wildman–Crippen MR) is 46.3 cm³/mol. The molecule has 0 heterocycles. The second-order valence-electron chi connectivity index (χ2n) is 2.60. The third kappa shape index (κ3) is 9.92. The Bertz CT molecular complexity index is 56.6. The fourth-order valence-corrected chi connectivity index (χ4v) is 0.799. The van der Waals surface area contributed by atoms with Crippen LogP contribution in [0.2, 0.25) is 0 Å². The summed E-state index contributed by atoms with van der Waals surface area (Å²) in [7, 11) is 0. The standard InChI is InChI=1S/C9H19O2/c1-2-3-8-11-9-6-4-5-7-10/h10H,1-9H2. The van der Waals surface area contributed by atoms with Gasteiger partial charge in [0, 0.05) is 19.8 Å². The minimum Gasteiger partial charge on any atom is -0.396 e. The maximum Gasteiger partial charge on any atom is 0.0466 e. The van der Waals surface area contributed by atoms with Gasteiger partial charge in [0.25, 0.3) is 0 Å². The molecule has 0 aliphatic carbocycles. The summed E-state index contributed by atoms with van der Waals surface area (Å²) < 4.78 is 5.30. The molecule has 0 aromatic rings. The first kappa shape index (κ1) is 10.9. The fourth-order valence-electron chi connectivity index (χ4n) is 0.799. The molecule has 1 radical (unpaired) electrons. The van der Waals surface area contributed by atoms with Gasteiger partial charge in [-0.25, -0.2) is 0 Å². The molecule has 0 aromatic heterocycles. The van der Waals surface area contributed by atoms with Crippen LogP contribution in [0.5, 0.6) is 0 Å². The summed E-state index contributed by atoms with van der Waals surface area (Å²) in [6, 6.07) is 0. The molecule has 0 saturated heterocycles. The minimum atomic E-state index is 0.304. The first-order valence-electron chi connectivity index (χ1n) is 4.39. The number of aliphatic hydroxyl groups excluding tert-OH is 1. The maximum atomic E-state index is 8.46. The molecular formula is C9H19O2. The molecule has 0 aliphatic heterocycles. The monoisotopic (exact) mass is 159 g/mol. The molecule has 0 aromatic carbocycles. The van der Waals surface area contributed by atoms with Crippen molar-refractivity contribution >= 4 is 0 Å². The Morgan fingerprint density at radius 1 is 1.00 bits per heavy atom. The van der Waals surface area contributed by atoms with E-state index in [1.54, 1.807) is 0 Å². The van der Waals surface area contributed by atoms with Crippen molar-refractivity contribution in [3.05, 3.63) is 6.92 Å². The lowest BCUT2D eigenvalue weighted by Crippen LogP contribution is -1.96. The zero-order valence-electron chi connectivity index (χ0n) is 7.22. The van der Waals surface area contributed by atoms with Gasteiger partial charge in [-0.2, -0.15) is 0 Å². The van der Waals surface area contributed by atoms with Crippen LogP contribution in [0.4, 0.5) is 0 Å².